The summed E-state index contributed by atoms with van der Waals surface area (Å²) in [6.45, 7) is 0. The van der Waals surface area contributed by atoms with Crippen molar-refractivity contribution in [3.8, 4) is 6.07 Å². The third kappa shape index (κ3) is 2.06. The minimum atomic E-state index is 0.199. The fourth-order valence-electron chi connectivity index (χ4n) is 1.06. The number of H-pyrrole nitrogens is 1. The van der Waals surface area contributed by atoms with E-state index in [1.165, 1.54) is 0 Å². The van der Waals surface area contributed by atoms with E-state index >= 15 is 0 Å². The third-order valence-corrected chi connectivity index (χ3v) is 2.03. The van der Waals surface area contributed by atoms with Crippen LogP contribution < -0.4 is 5.32 Å². The summed E-state index contributed by atoms with van der Waals surface area (Å²) in [7, 11) is 0. The van der Waals surface area contributed by atoms with Crippen molar-refractivity contribution >= 4 is 23.1 Å². The first-order chi connectivity index (χ1) is 7.29. The molecule has 2 aromatic rings. The van der Waals surface area contributed by atoms with E-state index in [2.05, 4.69) is 20.5 Å². The smallest absolute Gasteiger partial charge is 0.161 e. The highest BCUT2D eigenvalue weighted by Gasteiger charge is 2.03. The van der Waals surface area contributed by atoms with Crippen LogP contribution in [0.25, 0.3) is 0 Å². The van der Waals surface area contributed by atoms with Crippen LogP contribution in [0.3, 0.4) is 0 Å². The third-order valence-electron chi connectivity index (χ3n) is 1.72. The van der Waals surface area contributed by atoms with Crippen molar-refractivity contribution in [1.82, 2.24) is 15.2 Å². The molecule has 0 aromatic carbocycles. The maximum Gasteiger partial charge on any atom is 0.161 e. The number of aromatic amines is 1. The molecule has 2 aromatic heterocycles. The van der Waals surface area contributed by atoms with E-state index in [0.717, 1.165) is 5.69 Å². The minimum Gasteiger partial charge on any atom is -0.338 e. The molecule has 0 aliphatic carbocycles. The van der Waals surface area contributed by atoms with Gasteiger partial charge in [-0.25, -0.2) is 4.98 Å². The number of aromatic nitrogens is 3. The summed E-state index contributed by atoms with van der Waals surface area (Å²) in [5.41, 5.74) is 0.971. The second kappa shape index (κ2) is 3.98. The van der Waals surface area contributed by atoms with E-state index in [1.54, 1.807) is 24.5 Å². The monoisotopic (exact) mass is 219 g/mol. The summed E-state index contributed by atoms with van der Waals surface area (Å²) in [5.74, 6) is 0.553. The van der Waals surface area contributed by atoms with E-state index in [9.17, 15) is 0 Å². The highest BCUT2D eigenvalue weighted by Crippen LogP contribution is 2.18. The Morgan fingerprint density at radius 2 is 2.33 bits per heavy atom. The number of rotatable bonds is 2. The van der Waals surface area contributed by atoms with Gasteiger partial charge in [-0.05, 0) is 12.1 Å². The average molecular weight is 220 g/mol. The van der Waals surface area contributed by atoms with E-state index in [1.807, 2.05) is 6.07 Å². The predicted molar refractivity (Wildman–Crippen MR) is 55.8 cm³/mol. The average Bonchev–Trinajstić information content (AvgIpc) is 2.73. The molecule has 0 fully saturated rings. The molecule has 5 nitrogen and oxygen atoms in total. The summed E-state index contributed by atoms with van der Waals surface area (Å²) in [4.78, 5) is 4.02. The number of halogens is 1. The van der Waals surface area contributed by atoms with Crippen LogP contribution in [0, 0.1) is 11.3 Å². The molecule has 2 heterocycles. The van der Waals surface area contributed by atoms with Crippen molar-refractivity contribution in [1.29, 1.82) is 5.26 Å². The molecule has 0 aliphatic heterocycles. The van der Waals surface area contributed by atoms with Gasteiger partial charge in [0.05, 0.1) is 16.9 Å². The van der Waals surface area contributed by atoms with Crippen molar-refractivity contribution < 1.29 is 0 Å². The van der Waals surface area contributed by atoms with Crippen LogP contribution in [0.4, 0.5) is 11.5 Å². The highest BCUT2D eigenvalue weighted by molar-refractivity contribution is 6.31. The molecule has 6 heteroatoms. The molecule has 2 N–H and O–H groups in total. The lowest BCUT2D eigenvalue weighted by molar-refractivity contribution is 1.09. The zero-order valence-corrected chi connectivity index (χ0v) is 8.28. The molecule has 0 bridgehead atoms. The first-order valence-corrected chi connectivity index (χ1v) is 4.50. The van der Waals surface area contributed by atoms with Gasteiger partial charge in [0.25, 0.3) is 0 Å². The summed E-state index contributed by atoms with van der Waals surface area (Å²) in [5, 5.41) is 18.5. The SMILES string of the molecule is N#Cc1nc(Nc2cn[nH]c2)ccc1Cl. The van der Waals surface area contributed by atoms with Crippen molar-refractivity contribution in [2.45, 2.75) is 0 Å². The molecule has 0 aliphatic rings. The molecule has 0 spiro atoms. The zero-order chi connectivity index (χ0) is 10.7. The topological polar surface area (TPSA) is 77.4 Å². The molecular formula is C9H6ClN5. The Hall–Kier alpha value is -2.06. The molecular weight excluding hydrogens is 214 g/mol. The summed E-state index contributed by atoms with van der Waals surface area (Å²) in [6, 6.07) is 5.22. The number of hydrogen-bond acceptors (Lipinski definition) is 4. The maximum absolute atomic E-state index is 8.73. The Balaban J connectivity index is 2.27. The molecule has 0 radical (unpaired) electrons. The Labute approximate surface area is 90.7 Å². The fraction of sp³-hybridized carbons (Fsp3) is 0. The van der Waals surface area contributed by atoms with Gasteiger partial charge in [-0.1, -0.05) is 11.6 Å². The van der Waals surface area contributed by atoms with Crippen LogP contribution in [0.15, 0.2) is 24.5 Å². The number of nitrogens with zero attached hydrogens (tertiary/aromatic N) is 3. The summed E-state index contributed by atoms with van der Waals surface area (Å²) >= 11 is 5.75. The molecule has 0 amide bonds. The number of nitrogens with one attached hydrogen (secondary N) is 2. The van der Waals surface area contributed by atoms with Crippen LogP contribution in [0.5, 0.6) is 0 Å². The van der Waals surface area contributed by atoms with Gasteiger partial charge < -0.3 is 5.32 Å². The summed E-state index contributed by atoms with van der Waals surface area (Å²) < 4.78 is 0. The van der Waals surface area contributed by atoms with Crippen molar-refractivity contribution in [2.75, 3.05) is 5.32 Å². The minimum absolute atomic E-state index is 0.199. The number of nitriles is 1. The Kier molecular flexibility index (Phi) is 2.52. The Bertz CT molecular complexity index is 500. The van der Waals surface area contributed by atoms with Gasteiger partial charge in [0.2, 0.25) is 0 Å². The van der Waals surface area contributed by atoms with Crippen LogP contribution in [0.2, 0.25) is 5.02 Å². The number of anilines is 2. The second-order valence-electron chi connectivity index (χ2n) is 2.75. The Morgan fingerprint density at radius 1 is 1.47 bits per heavy atom. The van der Waals surface area contributed by atoms with Crippen molar-refractivity contribution in [2.24, 2.45) is 0 Å². The summed E-state index contributed by atoms with van der Waals surface area (Å²) in [6.07, 6.45) is 3.30. The highest BCUT2D eigenvalue weighted by atomic mass is 35.5. The molecule has 0 atom stereocenters. The zero-order valence-electron chi connectivity index (χ0n) is 7.53. The quantitative estimate of drug-likeness (QED) is 0.811. The van der Waals surface area contributed by atoms with Gasteiger partial charge in [-0.2, -0.15) is 10.4 Å². The predicted octanol–water partition coefficient (Wildman–Crippen LogP) is 2.07. The van der Waals surface area contributed by atoms with E-state index in [0.29, 0.717) is 10.8 Å². The normalized spacial score (nSPS) is 9.60. The van der Waals surface area contributed by atoms with Gasteiger partial charge in [-0.3, -0.25) is 5.10 Å². The van der Waals surface area contributed by atoms with E-state index < -0.39 is 0 Å². The largest absolute Gasteiger partial charge is 0.338 e. The first kappa shape index (κ1) is 9.49. The van der Waals surface area contributed by atoms with Crippen LogP contribution in [-0.4, -0.2) is 15.2 Å². The van der Waals surface area contributed by atoms with Gasteiger partial charge in [0, 0.05) is 6.20 Å². The first-order valence-electron chi connectivity index (χ1n) is 4.12. The molecule has 74 valence electrons. The fourth-order valence-corrected chi connectivity index (χ4v) is 1.20. The standard InChI is InChI=1S/C9H6ClN5/c10-7-1-2-9(15-8(7)3-11)14-6-4-12-13-5-6/h1-2,4-5H,(H,12,13)(H,14,15). The van der Waals surface area contributed by atoms with E-state index in [4.69, 9.17) is 16.9 Å². The lowest BCUT2D eigenvalue weighted by atomic mass is 10.3. The van der Waals surface area contributed by atoms with Crippen molar-refractivity contribution in [3.05, 3.63) is 35.2 Å². The number of pyridine rings is 1. The molecule has 0 unspecified atom stereocenters. The molecule has 2 rings (SSSR count). The molecule has 15 heavy (non-hydrogen) atoms. The molecule has 0 saturated carbocycles. The lowest BCUT2D eigenvalue weighted by Crippen LogP contribution is -1.94. The van der Waals surface area contributed by atoms with Crippen LogP contribution >= 0.6 is 11.6 Å². The van der Waals surface area contributed by atoms with Crippen LogP contribution in [0.1, 0.15) is 5.69 Å². The van der Waals surface area contributed by atoms with E-state index in [-0.39, 0.29) is 5.69 Å². The van der Waals surface area contributed by atoms with Crippen molar-refractivity contribution in [3.63, 3.8) is 0 Å². The second-order valence-corrected chi connectivity index (χ2v) is 3.16. The molecule has 0 saturated heterocycles. The Morgan fingerprint density at radius 3 is 3.00 bits per heavy atom. The van der Waals surface area contributed by atoms with Gasteiger partial charge in [0.15, 0.2) is 5.69 Å². The van der Waals surface area contributed by atoms with Gasteiger partial charge >= 0.3 is 0 Å². The van der Waals surface area contributed by atoms with Gasteiger partial charge in [0.1, 0.15) is 11.9 Å². The maximum atomic E-state index is 8.73. The lowest BCUT2D eigenvalue weighted by Gasteiger charge is -2.02. The number of hydrogen-bond donors (Lipinski definition) is 2. The van der Waals surface area contributed by atoms with Crippen LogP contribution in [-0.2, 0) is 0 Å². The van der Waals surface area contributed by atoms with Gasteiger partial charge in [-0.15, -0.1) is 0 Å².